The molecular formula is C20H17N5O3. The third-order valence-corrected chi connectivity index (χ3v) is 4.52. The summed E-state index contributed by atoms with van der Waals surface area (Å²) in [4.78, 5) is 39.4. The van der Waals surface area contributed by atoms with E-state index in [1.54, 1.807) is 24.3 Å². The van der Waals surface area contributed by atoms with E-state index in [1.807, 2.05) is 30.5 Å². The molecule has 4 rings (SSSR count). The molecule has 4 aromatic rings. The fraction of sp³-hybridized carbons (Fsp3) is 0.100. The Morgan fingerprint density at radius 1 is 0.929 bits per heavy atom. The Bertz CT molecular complexity index is 1240. The zero-order valence-electron chi connectivity index (χ0n) is 14.8. The second-order valence-electron chi connectivity index (χ2n) is 6.31. The molecule has 0 atom stereocenters. The summed E-state index contributed by atoms with van der Waals surface area (Å²) in [5, 5.41) is 7.93. The molecule has 0 bridgehead atoms. The molecule has 0 saturated carbocycles. The number of benzene rings is 2. The minimum absolute atomic E-state index is 0.0344. The molecule has 0 saturated heterocycles. The van der Waals surface area contributed by atoms with Crippen LogP contribution in [0.15, 0.2) is 59.5 Å². The van der Waals surface area contributed by atoms with Gasteiger partial charge in [-0.2, -0.15) is 5.10 Å². The topological polar surface area (TPSA) is 120 Å². The molecule has 2 heterocycles. The first-order chi connectivity index (χ1) is 13.6. The van der Waals surface area contributed by atoms with Crippen LogP contribution in [0.3, 0.4) is 0 Å². The van der Waals surface area contributed by atoms with Gasteiger partial charge in [0.15, 0.2) is 5.69 Å². The van der Waals surface area contributed by atoms with Gasteiger partial charge in [-0.05, 0) is 24.1 Å². The molecule has 2 aromatic heterocycles. The van der Waals surface area contributed by atoms with Crippen LogP contribution >= 0.6 is 0 Å². The number of aromatic amines is 2. The van der Waals surface area contributed by atoms with E-state index in [-0.39, 0.29) is 23.6 Å². The van der Waals surface area contributed by atoms with Gasteiger partial charge in [-0.1, -0.05) is 36.4 Å². The number of amides is 2. The minimum Gasteiger partial charge on any atom is -0.361 e. The van der Waals surface area contributed by atoms with E-state index < -0.39 is 5.91 Å². The maximum atomic E-state index is 12.4. The van der Waals surface area contributed by atoms with Gasteiger partial charge in [-0.15, -0.1) is 0 Å². The Labute approximate surface area is 158 Å². The van der Waals surface area contributed by atoms with Crippen molar-refractivity contribution in [3.63, 3.8) is 0 Å². The normalized spacial score (nSPS) is 10.9. The predicted octanol–water partition coefficient (Wildman–Crippen LogP) is 1.80. The minimum atomic E-state index is -0.604. The summed E-state index contributed by atoms with van der Waals surface area (Å²) < 4.78 is 0. The lowest BCUT2D eigenvalue weighted by atomic mass is 10.1. The first-order valence-corrected chi connectivity index (χ1v) is 8.75. The highest BCUT2D eigenvalue weighted by Crippen LogP contribution is 2.18. The van der Waals surface area contributed by atoms with Crippen LogP contribution in [0.5, 0.6) is 0 Å². The molecule has 0 radical (unpaired) electrons. The van der Waals surface area contributed by atoms with E-state index in [0.29, 0.717) is 17.2 Å². The number of hydrazine groups is 1. The monoisotopic (exact) mass is 375 g/mol. The van der Waals surface area contributed by atoms with Crippen LogP contribution in [0.1, 0.15) is 22.5 Å². The molecule has 0 spiro atoms. The van der Waals surface area contributed by atoms with E-state index >= 15 is 0 Å². The van der Waals surface area contributed by atoms with Crippen molar-refractivity contribution in [1.82, 2.24) is 26.0 Å². The smallest absolute Gasteiger partial charge is 0.290 e. The first kappa shape index (κ1) is 17.5. The largest absolute Gasteiger partial charge is 0.361 e. The molecule has 0 aliphatic carbocycles. The maximum absolute atomic E-state index is 12.4. The fourth-order valence-electron chi connectivity index (χ4n) is 3.12. The van der Waals surface area contributed by atoms with E-state index in [4.69, 9.17) is 0 Å². The van der Waals surface area contributed by atoms with Gasteiger partial charge in [0.2, 0.25) is 5.91 Å². The molecular weight excluding hydrogens is 358 g/mol. The summed E-state index contributed by atoms with van der Waals surface area (Å²) in [6.45, 7) is 0. The molecule has 2 aromatic carbocycles. The summed E-state index contributed by atoms with van der Waals surface area (Å²) in [6, 6.07) is 14.5. The lowest BCUT2D eigenvalue weighted by Gasteiger charge is -2.08. The third-order valence-electron chi connectivity index (χ3n) is 4.52. The molecule has 4 N–H and O–H groups in total. The Balaban J connectivity index is 1.39. The van der Waals surface area contributed by atoms with Crippen molar-refractivity contribution in [2.45, 2.75) is 12.8 Å². The van der Waals surface area contributed by atoms with Crippen molar-refractivity contribution in [3.05, 3.63) is 76.3 Å². The Morgan fingerprint density at radius 3 is 2.46 bits per heavy atom. The molecule has 28 heavy (non-hydrogen) atoms. The molecule has 0 aliphatic rings. The van der Waals surface area contributed by atoms with Crippen LogP contribution in [0.2, 0.25) is 0 Å². The van der Waals surface area contributed by atoms with E-state index in [0.717, 1.165) is 16.5 Å². The predicted molar refractivity (Wildman–Crippen MR) is 105 cm³/mol. The van der Waals surface area contributed by atoms with Gasteiger partial charge < -0.3 is 4.98 Å². The number of fused-ring (bicyclic) bond motifs is 2. The van der Waals surface area contributed by atoms with Gasteiger partial charge in [-0.3, -0.25) is 25.2 Å². The maximum Gasteiger partial charge on any atom is 0.290 e. The number of para-hydroxylation sites is 1. The second-order valence-corrected chi connectivity index (χ2v) is 6.31. The summed E-state index contributed by atoms with van der Waals surface area (Å²) in [5.41, 5.74) is 6.44. The first-order valence-electron chi connectivity index (χ1n) is 8.75. The zero-order chi connectivity index (χ0) is 19.5. The average Bonchev–Trinajstić information content (AvgIpc) is 3.14. The van der Waals surface area contributed by atoms with Crippen LogP contribution in [-0.4, -0.2) is 27.0 Å². The van der Waals surface area contributed by atoms with Crippen molar-refractivity contribution >= 4 is 33.5 Å². The van der Waals surface area contributed by atoms with Gasteiger partial charge in [0, 0.05) is 28.9 Å². The number of carbonyl (C=O) groups is 2. The van der Waals surface area contributed by atoms with Crippen LogP contribution < -0.4 is 16.4 Å². The number of nitrogens with zero attached hydrogens (tertiary/aromatic N) is 1. The number of rotatable bonds is 4. The number of hydrogen-bond acceptors (Lipinski definition) is 4. The third kappa shape index (κ3) is 3.35. The van der Waals surface area contributed by atoms with Crippen molar-refractivity contribution in [3.8, 4) is 0 Å². The standard InChI is InChI=1S/C20H17N5O3/c26-17(10-9-12-11-21-16-8-4-3-5-13(12)16)22-25-20(28)18-14-6-1-2-7-15(14)19(27)24-23-18/h1-8,11,21H,9-10H2,(H,22,26)(H,24,27)(H,25,28). The van der Waals surface area contributed by atoms with E-state index in [2.05, 4.69) is 26.0 Å². The lowest BCUT2D eigenvalue weighted by Crippen LogP contribution is -2.42. The van der Waals surface area contributed by atoms with Crippen molar-refractivity contribution in [2.75, 3.05) is 0 Å². The van der Waals surface area contributed by atoms with Crippen LogP contribution in [-0.2, 0) is 11.2 Å². The number of H-pyrrole nitrogens is 2. The highest BCUT2D eigenvalue weighted by molar-refractivity contribution is 6.05. The molecule has 140 valence electrons. The molecule has 8 nitrogen and oxygen atoms in total. The summed E-state index contributed by atoms with van der Waals surface area (Å²) >= 11 is 0. The van der Waals surface area contributed by atoms with Gasteiger partial charge in [0.1, 0.15) is 0 Å². The van der Waals surface area contributed by atoms with Crippen molar-refractivity contribution < 1.29 is 9.59 Å². The number of aryl methyl sites for hydroxylation is 1. The number of aromatic nitrogens is 3. The molecule has 8 heteroatoms. The lowest BCUT2D eigenvalue weighted by molar-refractivity contribution is -0.121. The Morgan fingerprint density at radius 2 is 1.64 bits per heavy atom. The van der Waals surface area contributed by atoms with Crippen molar-refractivity contribution in [1.29, 1.82) is 0 Å². The molecule has 2 amide bonds. The van der Waals surface area contributed by atoms with Crippen molar-refractivity contribution in [2.24, 2.45) is 0 Å². The van der Waals surface area contributed by atoms with E-state index in [1.165, 1.54) is 0 Å². The zero-order valence-corrected chi connectivity index (χ0v) is 14.8. The molecule has 0 aliphatic heterocycles. The second kappa shape index (κ2) is 7.36. The van der Waals surface area contributed by atoms with Gasteiger partial charge in [-0.25, -0.2) is 5.10 Å². The Hall–Kier alpha value is -3.94. The van der Waals surface area contributed by atoms with E-state index in [9.17, 15) is 14.4 Å². The fourth-order valence-corrected chi connectivity index (χ4v) is 3.12. The molecule has 0 fully saturated rings. The SMILES string of the molecule is O=C(CCc1c[nH]c2ccccc12)NNC(=O)c1n[nH]c(=O)c2ccccc12. The van der Waals surface area contributed by atoms with Crippen LogP contribution in [0, 0.1) is 0 Å². The number of nitrogens with one attached hydrogen (secondary N) is 4. The van der Waals surface area contributed by atoms with Crippen LogP contribution in [0.25, 0.3) is 21.7 Å². The highest BCUT2D eigenvalue weighted by atomic mass is 16.2. The highest BCUT2D eigenvalue weighted by Gasteiger charge is 2.15. The average molecular weight is 375 g/mol. The van der Waals surface area contributed by atoms with Gasteiger partial charge >= 0.3 is 0 Å². The number of hydrogen-bond donors (Lipinski definition) is 4. The quantitative estimate of drug-likeness (QED) is 0.407. The van der Waals surface area contributed by atoms with Gasteiger partial charge in [0.25, 0.3) is 11.5 Å². The summed E-state index contributed by atoms with van der Waals surface area (Å²) in [7, 11) is 0. The Kier molecular flexibility index (Phi) is 4.59. The number of carbonyl (C=O) groups excluding carboxylic acids is 2. The van der Waals surface area contributed by atoms with Crippen LogP contribution in [0.4, 0.5) is 0 Å². The van der Waals surface area contributed by atoms with Gasteiger partial charge in [0.05, 0.1) is 5.39 Å². The summed E-state index contributed by atoms with van der Waals surface area (Å²) in [6.07, 6.45) is 2.63. The summed E-state index contributed by atoms with van der Waals surface area (Å²) in [5.74, 6) is -0.930. The molecule has 0 unspecified atom stereocenters.